The summed E-state index contributed by atoms with van der Waals surface area (Å²) in [6.07, 6.45) is 3.36. The second kappa shape index (κ2) is 5.56. The Bertz CT molecular complexity index is 549. The molecule has 3 rings (SSSR count). The molecule has 2 N–H and O–H groups in total. The van der Waals surface area contributed by atoms with Gasteiger partial charge in [0.1, 0.15) is 0 Å². The number of hydrogen-bond donors (Lipinski definition) is 2. The maximum absolute atomic E-state index is 12.0. The fourth-order valence-corrected chi connectivity index (χ4v) is 2.49. The lowest BCUT2D eigenvalue weighted by atomic mass is 10.0. The summed E-state index contributed by atoms with van der Waals surface area (Å²) in [6, 6.07) is 3.50. The lowest BCUT2D eigenvalue weighted by Crippen LogP contribution is -2.16. The molecule has 1 atom stereocenters. The highest BCUT2D eigenvalue weighted by Crippen LogP contribution is 2.46. The molecule has 1 amide bonds. The number of carbonyl (C=O) groups is 1. The summed E-state index contributed by atoms with van der Waals surface area (Å²) < 4.78 is 10.6. The molecule has 0 saturated heterocycles. The molecule has 0 bridgehead atoms. The van der Waals surface area contributed by atoms with Crippen molar-refractivity contribution in [1.82, 2.24) is 0 Å². The molecule has 1 aromatic carbocycles. The molecule has 5 heteroatoms. The minimum atomic E-state index is -0.570. The summed E-state index contributed by atoms with van der Waals surface area (Å²) in [5.74, 6) is 1.53. The van der Waals surface area contributed by atoms with Crippen LogP contribution in [0.4, 0.5) is 5.69 Å². The van der Waals surface area contributed by atoms with E-state index in [0.717, 1.165) is 25.7 Å². The van der Waals surface area contributed by atoms with E-state index in [2.05, 4.69) is 5.32 Å². The van der Waals surface area contributed by atoms with Gasteiger partial charge in [0, 0.05) is 17.5 Å². The van der Waals surface area contributed by atoms with Gasteiger partial charge >= 0.3 is 0 Å². The molecule has 2 fully saturated rings. The molecular weight excluding hydrogens is 270 g/mol. The summed E-state index contributed by atoms with van der Waals surface area (Å²) in [4.78, 5) is 12.0. The largest absolute Gasteiger partial charge is 0.493 e. The van der Waals surface area contributed by atoms with Gasteiger partial charge in [0.05, 0.1) is 26.0 Å². The topological polar surface area (TPSA) is 67.8 Å². The number of methoxy groups -OCH3 is 2. The van der Waals surface area contributed by atoms with Gasteiger partial charge in [-0.25, -0.2) is 0 Å². The molecule has 0 heterocycles. The Labute approximate surface area is 124 Å². The molecule has 5 nitrogen and oxygen atoms in total. The van der Waals surface area contributed by atoms with Gasteiger partial charge in [-0.05, 0) is 37.7 Å². The monoisotopic (exact) mass is 291 g/mol. The van der Waals surface area contributed by atoms with Crippen molar-refractivity contribution in [1.29, 1.82) is 0 Å². The smallest absolute Gasteiger partial charge is 0.227 e. The SMILES string of the molecule is COc1cc(NC(=O)C2CC2)c([C@H](O)C2CC2)cc1OC. The van der Waals surface area contributed by atoms with Crippen LogP contribution < -0.4 is 14.8 Å². The van der Waals surface area contributed by atoms with E-state index in [1.807, 2.05) is 0 Å². The number of aliphatic hydroxyl groups is 1. The molecule has 0 unspecified atom stereocenters. The third kappa shape index (κ3) is 2.97. The van der Waals surface area contributed by atoms with Crippen molar-refractivity contribution >= 4 is 11.6 Å². The Morgan fingerprint density at radius 3 is 2.33 bits per heavy atom. The van der Waals surface area contributed by atoms with Crippen molar-refractivity contribution in [3.8, 4) is 11.5 Å². The van der Waals surface area contributed by atoms with E-state index in [4.69, 9.17) is 9.47 Å². The first-order valence-electron chi connectivity index (χ1n) is 7.39. The van der Waals surface area contributed by atoms with E-state index in [1.54, 1.807) is 26.4 Å². The molecule has 0 radical (unpaired) electrons. The number of ether oxygens (including phenoxy) is 2. The van der Waals surface area contributed by atoms with Gasteiger partial charge in [-0.3, -0.25) is 4.79 Å². The summed E-state index contributed by atoms with van der Waals surface area (Å²) in [7, 11) is 3.12. The number of hydrogen-bond acceptors (Lipinski definition) is 4. The summed E-state index contributed by atoms with van der Waals surface area (Å²) in [5.41, 5.74) is 1.34. The minimum Gasteiger partial charge on any atom is -0.493 e. The number of carbonyl (C=O) groups excluding carboxylic acids is 1. The second-order valence-electron chi connectivity index (χ2n) is 5.84. The molecule has 0 aliphatic heterocycles. The van der Waals surface area contributed by atoms with Crippen LogP contribution in [0, 0.1) is 11.8 Å². The highest BCUT2D eigenvalue weighted by molar-refractivity contribution is 5.95. The predicted octanol–water partition coefficient (Wildman–Crippen LogP) is 2.50. The van der Waals surface area contributed by atoms with Crippen molar-refractivity contribution < 1.29 is 19.4 Å². The number of nitrogens with one attached hydrogen (secondary N) is 1. The van der Waals surface area contributed by atoms with Gasteiger partial charge in [0.25, 0.3) is 0 Å². The third-order valence-electron chi connectivity index (χ3n) is 4.15. The maximum atomic E-state index is 12.0. The highest BCUT2D eigenvalue weighted by Gasteiger charge is 2.35. The fraction of sp³-hybridized carbons (Fsp3) is 0.562. The van der Waals surface area contributed by atoms with Crippen LogP contribution in [0.5, 0.6) is 11.5 Å². The van der Waals surface area contributed by atoms with Crippen LogP contribution in [0.25, 0.3) is 0 Å². The number of amides is 1. The lowest BCUT2D eigenvalue weighted by Gasteiger charge is -2.19. The number of anilines is 1. The van der Waals surface area contributed by atoms with Crippen LogP contribution in [0.1, 0.15) is 37.4 Å². The lowest BCUT2D eigenvalue weighted by molar-refractivity contribution is -0.117. The Morgan fingerprint density at radius 1 is 1.19 bits per heavy atom. The Morgan fingerprint density at radius 2 is 1.81 bits per heavy atom. The van der Waals surface area contributed by atoms with E-state index < -0.39 is 6.10 Å². The van der Waals surface area contributed by atoms with Gasteiger partial charge < -0.3 is 19.9 Å². The van der Waals surface area contributed by atoms with Crippen molar-refractivity contribution in [3.05, 3.63) is 17.7 Å². The molecule has 2 saturated carbocycles. The van der Waals surface area contributed by atoms with Gasteiger partial charge in [-0.1, -0.05) is 0 Å². The Balaban J connectivity index is 1.94. The van der Waals surface area contributed by atoms with Crippen LogP contribution in [0.2, 0.25) is 0 Å². The Kier molecular flexibility index (Phi) is 3.76. The van der Waals surface area contributed by atoms with Crippen molar-refractivity contribution in [3.63, 3.8) is 0 Å². The molecule has 21 heavy (non-hydrogen) atoms. The number of benzene rings is 1. The van der Waals surface area contributed by atoms with Crippen LogP contribution in [-0.4, -0.2) is 25.2 Å². The van der Waals surface area contributed by atoms with Gasteiger partial charge in [0.2, 0.25) is 5.91 Å². The summed E-state index contributed by atoms with van der Waals surface area (Å²) >= 11 is 0. The molecule has 2 aliphatic carbocycles. The quantitative estimate of drug-likeness (QED) is 0.845. The molecule has 1 aromatic rings. The van der Waals surface area contributed by atoms with Crippen LogP contribution in [0.15, 0.2) is 12.1 Å². The van der Waals surface area contributed by atoms with Crippen LogP contribution in [0.3, 0.4) is 0 Å². The molecule has 2 aliphatic rings. The Hall–Kier alpha value is -1.75. The average molecular weight is 291 g/mol. The van der Waals surface area contributed by atoms with E-state index >= 15 is 0 Å². The summed E-state index contributed by atoms with van der Waals surface area (Å²) in [6.45, 7) is 0. The van der Waals surface area contributed by atoms with Crippen molar-refractivity contribution in [2.24, 2.45) is 11.8 Å². The normalized spacial score (nSPS) is 19.0. The third-order valence-corrected chi connectivity index (χ3v) is 4.15. The van der Waals surface area contributed by atoms with Crippen LogP contribution >= 0.6 is 0 Å². The highest BCUT2D eigenvalue weighted by atomic mass is 16.5. The van der Waals surface area contributed by atoms with Crippen molar-refractivity contribution in [2.75, 3.05) is 19.5 Å². The summed E-state index contributed by atoms with van der Waals surface area (Å²) in [5, 5.41) is 13.4. The van der Waals surface area contributed by atoms with Gasteiger partial charge in [-0.2, -0.15) is 0 Å². The zero-order valence-electron chi connectivity index (χ0n) is 12.4. The average Bonchev–Trinajstić information content (AvgIpc) is 3.37. The van der Waals surface area contributed by atoms with Crippen LogP contribution in [-0.2, 0) is 4.79 Å². The predicted molar refractivity (Wildman–Crippen MR) is 78.6 cm³/mol. The van der Waals surface area contributed by atoms with Gasteiger partial charge in [0.15, 0.2) is 11.5 Å². The zero-order valence-corrected chi connectivity index (χ0v) is 12.4. The first-order chi connectivity index (χ1) is 10.1. The maximum Gasteiger partial charge on any atom is 0.227 e. The van der Waals surface area contributed by atoms with E-state index in [9.17, 15) is 9.90 Å². The number of aliphatic hydroxyl groups excluding tert-OH is 1. The second-order valence-corrected chi connectivity index (χ2v) is 5.84. The zero-order chi connectivity index (χ0) is 15.0. The van der Waals surface area contributed by atoms with E-state index in [-0.39, 0.29) is 17.7 Å². The van der Waals surface area contributed by atoms with Crippen molar-refractivity contribution in [2.45, 2.75) is 31.8 Å². The fourth-order valence-electron chi connectivity index (χ4n) is 2.49. The molecule has 0 spiro atoms. The first kappa shape index (κ1) is 14.2. The van der Waals surface area contributed by atoms with E-state index in [0.29, 0.717) is 22.7 Å². The molecule has 114 valence electrons. The molecular formula is C16H21NO4. The minimum absolute atomic E-state index is 0.0199. The first-order valence-corrected chi connectivity index (χ1v) is 7.39. The van der Waals surface area contributed by atoms with Gasteiger partial charge in [-0.15, -0.1) is 0 Å². The van der Waals surface area contributed by atoms with E-state index in [1.165, 1.54) is 0 Å². The number of rotatable bonds is 6. The standard InChI is InChI=1S/C16H21NO4/c1-20-13-7-11(15(18)9-3-4-9)12(8-14(13)21-2)17-16(19)10-5-6-10/h7-10,15,18H,3-6H2,1-2H3,(H,17,19)/t15-/m1/s1. The molecule has 0 aromatic heterocycles.